The second-order valence-electron chi connectivity index (χ2n) is 5.05. The van der Waals surface area contributed by atoms with E-state index < -0.39 is 16.0 Å². The zero-order valence-electron chi connectivity index (χ0n) is 12.8. The van der Waals surface area contributed by atoms with Gasteiger partial charge in [0.25, 0.3) is 0 Å². The number of benzene rings is 1. The molecule has 0 heterocycles. The van der Waals surface area contributed by atoms with E-state index in [1.807, 2.05) is 4.90 Å². The van der Waals surface area contributed by atoms with Crippen LogP contribution in [0, 0.1) is 0 Å². The summed E-state index contributed by atoms with van der Waals surface area (Å²) in [6.45, 7) is 2.77. The van der Waals surface area contributed by atoms with Crippen molar-refractivity contribution in [3.05, 3.63) is 23.8 Å². The Kier molecular flexibility index (Phi) is 5.74. The van der Waals surface area contributed by atoms with Crippen LogP contribution in [0.5, 0.6) is 0 Å². The van der Waals surface area contributed by atoms with Crippen LogP contribution in [0.3, 0.4) is 0 Å². The number of unbranched alkanes of at least 4 members (excludes halogenated alkanes) is 1. The highest BCUT2D eigenvalue weighted by Crippen LogP contribution is 2.25. The van der Waals surface area contributed by atoms with Crippen LogP contribution in [-0.2, 0) is 10.0 Å². The molecule has 1 N–H and O–H groups in total. The molecular weight excluding hydrogens is 292 g/mol. The third kappa shape index (κ3) is 3.95. The Balaban J connectivity index is 3.29. The fourth-order valence-corrected chi connectivity index (χ4v) is 2.83. The number of sulfonamides is 1. The van der Waals surface area contributed by atoms with Gasteiger partial charge in [-0.1, -0.05) is 13.3 Å². The van der Waals surface area contributed by atoms with Crippen LogP contribution in [0.25, 0.3) is 0 Å². The quantitative estimate of drug-likeness (QED) is 0.831. The zero-order chi connectivity index (χ0) is 16.2. The van der Waals surface area contributed by atoms with Crippen LogP contribution in [-0.4, -0.2) is 51.5 Å². The van der Waals surface area contributed by atoms with E-state index >= 15 is 0 Å². The molecule has 0 fully saturated rings. The first-order chi connectivity index (χ1) is 9.71. The number of anilines is 1. The standard InChI is InChI=1S/C14H22N2O4S/c1-5-6-9-16(4)13-8-7-11(10-12(13)14(17)18)21(19,20)15(2)3/h7-8,10H,5-6,9H2,1-4H3,(H,17,18). The molecule has 0 unspecified atom stereocenters. The number of hydrogen-bond donors (Lipinski definition) is 1. The van der Waals surface area contributed by atoms with Gasteiger partial charge in [0.15, 0.2) is 0 Å². The van der Waals surface area contributed by atoms with Crippen molar-refractivity contribution in [2.24, 2.45) is 0 Å². The fourth-order valence-electron chi connectivity index (χ4n) is 1.91. The summed E-state index contributed by atoms with van der Waals surface area (Å²) in [6.07, 6.45) is 1.94. The molecule has 21 heavy (non-hydrogen) atoms. The topological polar surface area (TPSA) is 77.9 Å². The van der Waals surface area contributed by atoms with Crippen LogP contribution in [0.1, 0.15) is 30.1 Å². The first kappa shape index (κ1) is 17.5. The SMILES string of the molecule is CCCCN(C)c1ccc(S(=O)(=O)N(C)C)cc1C(=O)O. The van der Waals surface area contributed by atoms with Gasteiger partial charge in [0.2, 0.25) is 10.0 Å². The van der Waals surface area contributed by atoms with Crippen molar-refractivity contribution in [3.63, 3.8) is 0 Å². The zero-order valence-corrected chi connectivity index (χ0v) is 13.6. The fraction of sp³-hybridized carbons (Fsp3) is 0.500. The van der Waals surface area contributed by atoms with Crippen molar-refractivity contribution in [1.29, 1.82) is 0 Å². The Bertz CT molecular complexity index is 611. The third-order valence-electron chi connectivity index (χ3n) is 3.24. The first-order valence-electron chi connectivity index (χ1n) is 6.72. The predicted octanol–water partition coefficient (Wildman–Crippen LogP) is 1.87. The molecule has 0 spiro atoms. The van der Waals surface area contributed by atoms with Crippen molar-refractivity contribution < 1.29 is 18.3 Å². The van der Waals surface area contributed by atoms with E-state index in [2.05, 4.69) is 6.92 Å². The Morgan fingerprint density at radius 3 is 2.33 bits per heavy atom. The second kappa shape index (κ2) is 6.91. The average molecular weight is 314 g/mol. The third-order valence-corrected chi connectivity index (χ3v) is 5.05. The maximum absolute atomic E-state index is 12.1. The summed E-state index contributed by atoms with van der Waals surface area (Å²) in [7, 11) is 0.990. The summed E-state index contributed by atoms with van der Waals surface area (Å²) in [6, 6.07) is 4.21. The van der Waals surface area contributed by atoms with Crippen LogP contribution >= 0.6 is 0 Å². The normalized spacial score (nSPS) is 11.7. The van der Waals surface area contributed by atoms with E-state index in [0.717, 1.165) is 23.7 Å². The smallest absolute Gasteiger partial charge is 0.337 e. The number of rotatable bonds is 7. The van der Waals surface area contributed by atoms with Crippen LogP contribution in [0.15, 0.2) is 23.1 Å². The van der Waals surface area contributed by atoms with Gasteiger partial charge < -0.3 is 10.0 Å². The largest absolute Gasteiger partial charge is 0.478 e. The summed E-state index contributed by atoms with van der Waals surface area (Å²) >= 11 is 0. The molecule has 0 aliphatic carbocycles. The van der Waals surface area contributed by atoms with Crippen LogP contribution in [0.2, 0.25) is 0 Å². The summed E-state index contributed by atoms with van der Waals surface area (Å²) < 4.78 is 25.2. The van der Waals surface area contributed by atoms with Gasteiger partial charge in [-0.2, -0.15) is 0 Å². The van der Waals surface area contributed by atoms with Crippen molar-refractivity contribution >= 4 is 21.7 Å². The predicted molar refractivity (Wildman–Crippen MR) is 82.5 cm³/mol. The van der Waals surface area contributed by atoms with E-state index in [0.29, 0.717) is 5.69 Å². The minimum Gasteiger partial charge on any atom is -0.478 e. The Hall–Kier alpha value is -1.60. The number of carboxylic acids is 1. The van der Waals surface area contributed by atoms with Gasteiger partial charge in [-0.15, -0.1) is 0 Å². The van der Waals surface area contributed by atoms with Crippen molar-refractivity contribution in [3.8, 4) is 0 Å². The molecule has 0 aliphatic heterocycles. The van der Waals surface area contributed by atoms with E-state index in [4.69, 9.17) is 0 Å². The Morgan fingerprint density at radius 1 is 1.24 bits per heavy atom. The maximum Gasteiger partial charge on any atom is 0.337 e. The van der Waals surface area contributed by atoms with Gasteiger partial charge >= 0.3 is 5.97 Å². The van der Waals surface area contributed by atoms with Crippen LogP contribution in [0.4, 0.5) is 5.69 Å². The minimum absolute atomic E-state index is 0.00321. The van der Waals surface area contributed by atoms with Gasteiger partial charge in [-0.25, -0.2) is 17.5 Å². The van der Waals surface area contributed by atoms with Gasteiger partial charge in [0.05, 0.1) is 16.1 Å². The van der Waals surface area contributed by atoms with Crippen molar-refractivity contribution in [2.75, 3.05) is 32.6 Å². The molecule has 0 aliphatic rings. The molecule has 0 radical (unpaired) electrons. The highest BCUT2D eigenvalue weighted by Gasteiger charge is 2.22. The molecule has 0 aromatic heterocycles. The minimum atomic E-state index is -3.64. The molecule has 0 saturated heterocycles. The lowest BCUT2D eigenvalue weighted by molar-refractivity contribution is 0.0697. The number of carbonyl (C=O) groups is 1. The number of nitrogens with zero attached hydrogens (tertiary/aromatic N) is 2. The molecular formula is C14H22N2O4S. The van der Waals surface area contributed by atoms with E-state index in [1.165, 1.54) is 26.2 Å². The summed E-state index contributed by atoms with van der Waals surface area (Å²) in [4.78, 5) is 13.2. The summed E-state index contributed by atoms with van der Waals surface area (Å²) in [5.41, 5.74) is 0.519. The average Bonchev–Trinajstić information content (AvgIpc) is 2.43. The van der Waals surface area contributed by atoms with Gasteiger partial charge in [-0.05, 0) is 24.6 Å². The molecule has 0 atom stereocenters. The highest BCUT2D eigenvalue weighted by atomic mass is 32.2. The van der Waals surface area contributed by atoms with E-state index in [-0.39, 0.29) is 10.5 Å². The molecule has 0 bridgehead atoms. The molecule has 7 heteroatoms. The number of carboxylic acid groups (broad SMARTS) is 1. The highest BCUT2D eigenvalue weighted by molar-refractivity contribution is 7.89. The lowest BCUT2D eigenvalue weighted by atomic mass is 10.1. The summed E-state index contributed by atoms with van der Waals surface area (Å²) in [5.74, 6) is -1.14. The maximum atomic E-state index is 12.1. The Morgan fingerprint density at radius 2 is 1.86 bits per heavy atom. The number of aromatic carboxylic acids is 1. The molecule has 1 rings (SSSR count). The number of hydrogen-bond acceptors (Lipinski definition) is 4. The van der Waals surface area contributed by atoms with Gasteiger partial charge in [0.1, 0.15) is 0 Å². The molecule has 118 valence electrons. The van der Waals surface area contributed by atoms with Crippen molar-refractivity contribution in [1.82, 2.24) is 4.31 Å². The van der Waals surface area contributed by atoms with Gasteiger partial charge in [0, 0.05) is 27.7 Å². The first-order valence-corrected chi connectivity index (χ1v) is 8.16. The lowest BCUT2D eigenvalue weighted by Crippen LogP contribution is -2.24. The molecule has 0 saturated carbocycles. The lowest BCUT2D eigenvalue weighted by Gasteiger charge is -2.22. The molecule has 1 aromatic rings. The second-order valence-corrected chi connectivity index (χ2v) is 7.20. The Labute approximate surface area is 126 Å². The monoisotopic (exact) mass is 314 g/mol. The van der Waals surface area contributed by atoms with Gasteiger partial charge in [-0.3, -0.25) is 0 Å². The van der Waals surface area contributed by atoms with Crippen LogP contribution < -0.4 is 4.90 Å². The van der Waals surface area contributed by atoms with Crippen molar-refractivity contribution in [2.45, 2.75) is 24.7 Å². The molecule has 1 aromatic carbocycles. The summed E-state index contributed by atoms with van der Waals surface area (Å²) in [5, 5.41) is 9.33. The van der Waals surface area contributed by atoms with E-state index in [1.54, 1.807) is 13.1 Å². The molecule has 0 amide bonds. The molecule has 6 nitrogen and oxygen atoms in total. The van der Waals surface area contributed by atoms with E-state index in [9.17, 15) is 18.3 Å².